The molecule has 16 atom stereocenters. The molecule has 0 bridgehead atoms. The number of aliphatic hydroxyl groups excluding tert-OH is 3. The number of para-hydroxylation sites is 2. The van der Waals surface area contributed by atoms with Gasteiger partial charge in [0.25, 0.3) is 0 Å². The number of ether oxygens (including phenoxy) is 6. The number of thioether (sulfide) groups is 1. The van der Waals surface area contributed by atoms with Crippen LogP contribution in [-0.2, 0) is 62.4 Å². The van der Waals surface area contributed by atoms with E-state index < -0.39 is 54.1 Å². The lowest BCUT2D eigenvalue weighted by molar-refractivity contribution is -0.161. The van der Waals surface area contributed by atoms with Gasteiger partial charge in [-0.3, -0.25) is 28.8 Å². The standard InChI is InChI=1S/C38H53NO7S.C33H39NO3S.C33H40O7/c1-3-4-13-25(2)31(40)21-20-29-32(24-33-35(29)30-18-11-14-26(36(30)45-33)15-12-19-34(41)42)46-38(44)28-17-8-7-16-27(28)37(43)39-22-9-5-6-10-23-47;35-31(29-22-12-13-23-30(29)32(36)37)34-24-14-1-2-15-25-38-33(26-16-6-3-7-17-26,27-18-8-4-9-19-27)28-20-10-5-11-21-28;1-5-6-9-21(2)27(34)17-16-25-28(35)19-30-32(25)26-12-7-10-22(33(26)40-30)11-8-13-31(36)39-20-23-14-15-24(37-3)18-29(23)38-4/h11,14,18,20-21,25,27-29,31-33,35,40,47H,5-10,12-13,15-17,19,22-24H2,1-2H3,(H,39,43)(H,41,42);3-11,16-21,29-30H,1-2,12-15,22-25H2,(H,34,35)(H,36,37);7,10,12,14-18,21,25,27-28,30,32,34-35H,8-9,11,13,19-20H2,1-4H3/b21-20+;;17-16+/t25?,27-,28+,29+,31-,32?,33+,35+;29-,30+;21?,25-,27+,28?,30-,32-/m110/s1. The number of fused-ring (bicyclic) bond motifs is 6. The average Bonchev–Trinajstić information content (AvgIpc) is 1.65. The summed E-state index contributed by atoms with van der Waals surface area (Å²) in [6, 6.07) is 49.9. The predicted octanol–water partition coefficient (Wildman–Crippen LogP) is 18.5. The molecule has 4 fully saturated rings. The number of esters is 2. The number of aryl methyl sites for hydroxylation is 2. The minimum atomic E-state index is -0.833. The number of aliphatic hydroxyl groups is 3. The van der Waals surface area contributed by atoms with Gasteiger partial charge in [0.15, 0.2) is 0 Å². The summed E-state index contributed by atoms with van der Waals surface area (Å²) in [4.78, 5) is 74.7. The second kappa shape index (κ2) is 50.8. The van der Waals surface area contributed by atoms with E-state index in [1.54, 1.807) is 46.3 Å². The zero-order valence-corrected chi connectivity index (χ0v) is 75.5. The number of nitrogens with one attached hydrogen (secondary N) is 2. The first kappa shape index (κ1) is 97.7. The molecule has 4 aliphatic carbocycles. The molecule has 6 aromatic rings. The van der Waals surface area contributed by atoms with E-state index in [0.717, 1.165) is 128 Å². The number of unbranched alkanes of at least 4 members (excludes halogenated alkanes) is 6. The van der Waals surface area contributed by atoms with Crippen LogP contribution >= 0.6 is 24.4 Å². The Morgan fingerprint density at radius 3 is 1.56 bits per heavy atom. The molecule has 6 aromatic carbocycles. The Bertz CT molecular complexity index is 4520. The first-order valence-corrected chi connectivity index (χ1v) is 47.1. The number of methoxy groups -OCH3 is 2. The van der Waals surface area contributed by atoms with Gasteiger partial charge in [-0.25, -0.2) is 0 Å². The quantitative estimate of drug-likeness (QED) is 0.00441. The van der Waals surface area contributed by atoms with Crippen molar-refractivity contribution in [2.75, 3.05) is 38.8 Å². The van der Waals surface area contributed by atoms with Crippen LogP contribution in [0.2, 0.25) is 0 Å². The van der Waals surface area contributed by atoms with Gasteiger partial charge < -0.3 is 64.6 Å². The Morgan fingerprint density at radius 1 is 0.560 bits per heavy atom. The topological polar surface area (TPSA) is 283 Å². The number of hydrogen-bond acceptors (Lipinski definition) is 17. The minimum absolute atomic E-state index is 0.0155. The summed E-state index contributed by atoms with van der Waals surface area (Å²) in [6.45, 7) is 8.88. The molecule has 125 heavy (non-hydrogen) atoms. The molecule has 0 radical (unpaired) electrons. The van der Waals surface area contributed by atoms with Gasteiger partial charge in [-0.15, -0.1) is 35.4 Å². The molecular formula is C104H132N2O17S2. The van der Waals surface area contributed by atoms with Gasteiger partial charge in [-0.2, -0.15) is 12.6 Å². The third-order valence-corrected chi connectivity index (χ3v) is 27.6. The molecule has 0 aromatic heterocycles. The first-order valence-electron chi connectivity index (χ1n) is 45.5. The Labute approximate surface area is 750 Å². The lowest BCUT2D eigenvalue weighted by Gasteiger charge is -2.35. The van der Waals surface area contributed by atoms with Gasteiger partial charge in [0.1, 0.15) is 47.9 Å². The number of amides is 2. The molecule has 672 valence electrons. The molecule has 2 heterocycles. The van der Waals surface area contributed by atoms with Crippen LogP contribution in [0.4, 0.5) is 0 Å². The van der Waals surface area contributed by atoms with Crippen LogP contribution in [0.5, 0.6) is 23.0 Å². The Hall–Kier alpha value is -9.48. The highest BCUT2D eigenvalue weighted by Gasteiger charge is 2.53. The van der Waals surface area contributed by atoms with Gasteiger partial charge in [0.05, 0.1) is 61.0 Å². The maximum absolute atomic E-state index is 13.8. The van der Waals surface area contributed by atoms with E-state index >= 15 is 0 Å². The zero-order valence-electron chi connectivity index (χ0n) is 73.8. The third kappa shape index (κ3) is 27.3. The largest absolute Gasteiger partial charge is 0.497 e. The first-order chi connectivity index (χ1) is 60.7. The van der Waals surface area contributed by atoms with Crippen molar-refractivity contribution in [1.29, 1.82) is 0 Å². The fourth-order valence-corrected chi connectivity index (χ4v) is 20.5. The Balaban J connectivity index is 0.000000197. The second-order valence-corrected chi connectivity index (χ2v) is 36.0. The summed E-state index contributed by atoms with van der Waals surface area (Å²) < 4.78 is 35.0. The zero-order chi connectivity index (χ0) is 89.0. The van der Waals surface area contributed by atoms with E-state index in [1.807, 2.05) is 80.2 Å². The molecule has 0 spiro atoms. The molecule has 12 rings (SSSR count). The van der Waals surface area contributed by atoms with Crippen molar-refractivity contribution in [3.63, 3.8) is 0 Å². The van der Waals surface area contributed by atoms with Crippen LogP contribution in [0.3, 0.4) is 0 Å². The van der Waals surface area contributed by atoms with E-state index in [4.69, 9.17) is 33.5 Å². The highest BCUT2D eigenvalue weighted by molar-refractivity contribution is 8.00. The van der Waals surface area contributed by atoms with E-state index in [0.29, 0.717) is 102 Å². The molecule has 19 nitrogen and oxygen atoms in total. The molecule has 0 saturated heterocycles. The normalized spacial score (nSPS) is 22.3. The monoisotopic (exact) mass is 1740 g/mol. The number of thiol groups is 1. The van der Waals surface area contributed by atoms with Crippen molar-refractivity contribution in [1.82, 2.24) is 10.6 Å². The van der Waals surface area contributed by atoms with E-state index in [9.17, 15) is 49.2 Å². The number of benzene rings is 6. The maximum Gasteiger partial charge on any atom is 0.310 e. The molecule has 2 amide bonds. The molecule has 4 unspecified atom stereocenters. The molecular weight excluding hydrogens is 1610 g/mol. The minimum Gasteiger partial charge on any atom is -0.497 e. The van der Waals surface area contributed by atoms with Crippen molar-refractivity contribution in [2.24, 2.45) is 47.3 Å². The smallest absolute Gasteiger partial charge is 0.310 e. The van der Waals surface area contributed by atoms with Crippen molar-refractivity contribution in [2.45, 2.75) is 254 Å². The van der Waals surface area contributed by atoms with Crippen LogP contribution in [0, 0.1) is 71.0 Å². The van der Waals surface area contributed by atoms with E-state index in [-0.39, 0.29) is 102 Å². The Morgan fingerprint density at radius 2 is 1.05 bits per heavy atom. The number of aliphatic carboxylic acids is 2. The summed E-state index contributed by atoms with van der Waals surface area (Å²) in [5, 5.41) is 56.9. The molecule has 21 heteroatoms. The van der Waals surface area contributed by atoms with Crippen LogP contribution in [-0.4, -0.2) is 137 Å². The fraction of sp³-hybridized carbons (Fsp3) is 0.519. The maximum atomic E-state index is 13.8. The predicted molar refractivity (Wildman–Crippen MR) is 494 cm³/mol. The highest BCUT2D eigenvalue weighted by Crippen LogP contribution is 2.55. The number of carboxylic acids is 2. The third-order valence-electron chi connectivity index (χ3n) is 25.6. The van der Waals surface area contributed by atoms with E-state index in [1.165, 1.54) is 16.7 Å². The fourth-order valence-electron chi connectivity index (χ4n) is 18.7. The van der Waals surface area contributed by atoms with E-state index in [2.05, 4.69) is 144 Å². The summed E-state index contributed by atoms with van der Waals surface area (Å²) in [5.41, 5.74) is 8.79. The Kier molecular flexibility index (Phi) is 39.7. The number of rotatable bonds is 42. The van der Waals surface area contributed by atoms with Crippen LogP contribution < -0.4 is 29.6 Å². The van der Waals surface area contributed by atoms with Crippen LogP contribution in [0.15, 0.2) is 170 Å². The van der Waals surface area contributed by atoms with Crippen LogP contribution in [0.25, 0.3) is 0 Å². The van der Waals surface area contributed by atoms with Gasteiger partial charge in [0, 0.05) is 98.0 Å². The van der Waals surface area contributed by atoms with Gasteiger partial charge in [0.2, 0.25) is 11.8 Å². The second-order valence-electron chi connectivity index (χ2n) is 34.2. The molecule has 7 N–H and O–H groups in total. The van der Waals surface area contributed by atoms with Crippen molar-refractivity contribution in [3.05, 3.63) is 214 Å². The van der Waals surface area contributed by atoms with Crippen LogP contribution in [0.1, 0.15) is 238 Å². The lowest BCUT2D eigenvalue weighted by atomic mass is 9.78. The molecule has 2 aliphatic heterocycles. The van der Waals surface area contributed by atoms with Crippen molar-refractivity contribution < 1.29 is 82.7 Å². The molecule has 4 saturated carbocycles. The summed E-state index contributed by atoms with van der Waals surface area (Å²) in [6.07, 6.45) is 24.5. The number of carboxylic acid groups (broad SMARTS) is 2. The van der Waals surface area contributed by atoms with Gasteiger partial charge in [-0.1, -0.05) is 217 Å². The summed E-state index contributed by atoms with van der Waals surface area (Å²) >= 11 is 6.25. The highest BCUT2D eigenvalue weighted by atomic mass is 32.2. The average molecular weight is 1750 g/mol. The number of hydrogen-bond donors (Lipinski definition) is 8. The lowest BCUT2D eigenvalue weighted by Crippen LogP contribution is -2.41. The SMILES string of the molecule is CC#CCC(C)[C@H](O)/C=C/[C@H]1C(O)C[C@@H]2Oc3c(CCCC(=O)OCc4ccc(OC)cc4OC)cccc3[C@@H]21.CC#CCC(C)[C@H](O)/C=C/[C@H]1C(OC(=O)[C@H]2CCCC[C@H]2C(=O)NCCCCCCS)C[C@@H]2Oc3c(CCCC(=O)O)cccc3[C@@H]21.O=C(O)[C@H]1CCCC[C@H]1C(=O)NCCCCCCSC(c1ccccc1)(c1ccccc1)c1ccccc1. The number of carbonyl (C=O) groups excluding carboxylic acids is 4. The number of carbonyl (C=O) groups is 6. The van der Waals surface area contributed by atoms with Crippen molar-refractivity contribution >= 4 is 60.1 Å². The summed E-state index contributed by atoms with van der Waals surface area (Å²) in [7, 11) is 3.16. The van der Waals surface area contributed by atoms with Gasteiger partial charge >= 0.3 is 23.9 Å². The van der Waals surface area contributed by atoms with Gasteiger partial charge in [-0.05, 0) is 154 Å². The summed E-state index contributed by atoms with van der Waals surface area (Å²) in [5.74, 6) is 12.1. The molecule has 6 aliphatic rings. The van der Waals surface area contributed by atoms with Crippen molar-refractivity contribution in [3.8, 4) is 46.7 Å².